The standard InChI is InChI=1S/C13H20FN3/c1-4-6-9(3)12-15-13-11(14)8-10(7-5-2)17(13)16-12/h10-11H,3-8H2,1-2H3. The van der Waals surface area contributed by atoms with Crippen LogP contribution in [0, 0.1) is 0 Å². The van der Waals surface area contributed by atoms with Crippen LogP contribution in [0.5, 0.6) is 0 Å². The van der Waals surface area contributed by atoms with Crippen molar-refractivity contribution in [1.82, 2.24) is 14.8 Å². The zero-order chi connectivity index (χ0) is 12.4. The summed E-state index contributed by atoms with van der Waals surface area (Å²) >= 11 is 0. The van der Waals surface area contributed by atoms with Crippen molar-refractivity contribution < 1.29 is 4.39 Å². The Kier molecular flexibility index (Phi) is 3.60. The van der Waals surface area contributed by atoms with Gasteiger partial charge in [0, 0.05) is 6.42 Å². The second kappa shape index (κ2) is 4.98. The highest BCUT2D eigenvalue weighted by molar-refractivity contribution is 5.56. The molecule has 3 nitrogen and oxygen atoms in total. The molecule has 1 aliphatic rings. The van der Waals surface area contributed by atoms with Crippen LogP contribution in [0.25, 0.3) is 5.57 Å². The number of allylic oxidation sites excluding steroid dienone is 1. The van der Waals surface area contributed by atoms with Crippen molar-refractivity contribution in [1.29, 1.82) is 0 Å². The van der Waals surface area contributed by atoms with Crippen LogP contribution in [0.4, 0.5) is 4.39 Å². The molecule has 0 bridgehead atoms. The molecule has 0 aromatic carbocycles. The van der Waals surface area contributed by atoms with Crippen LogP contribution in [0.1, 0.15) is 69.8 Å². The maximum absolute atomic E-state index is 13.8. The summed E-state index contributed by atoms with van der Waals surface area (Å²) in [5, 5.41) is 4.43. The number of aromatic nitrogens is 3. The molecule has 4 heteroatoms. The molecule has 2 atom stereocenters. The first-order valence-electron chi connectivity index (χ1n) is 6.46. The van der Waals surface area contributed by atoms with Crippen LogP contribution in [-0.4, -0.2) is 14.8 Å². The van der Waals surface area contributed by atoms with Gasteiger partial charge in [-0.3, -0.25) is 0 Å². The maximum atomic E-state index is 13.8. The van der Waals surface area contributed by atoms with E-state index in [-0.39, 0.29) is 6.04 Å². The molecule has 2 unspecified atom stereocenters. The number of alkyl halides is 1. The van der Waals surface area contributed by atoms with E-state index in [1.165, 1.54) is 0 Å². The highest BCUT2D eigenvalue weighted by atomic mass is 19.1. The Labute approximate surface area is 102 Å². The Morgan fingerprint density at radius 1 is 1.47 bits per heavy atom. The lowest BCUT2D eigenvalue weighted by Crippen LogP contribution is -2.05. The third kappa shape index (κ3) is 2.26. The van der Waals surface area contributed by atoms with Crippen LogP contribution in [0.2, 0.25) is 0 Å². The molecule has 17 heavy (non-hydrogen) atoms. The van der Waals surface area contributed by atoms with E-state index in [9.17, 15) is 4.39 Å². The molecule has 2 heterocycles. The number of halogens is 1. The fourth-order valence-corrected chi connectivity index (χ4v) is 2.40. The largest absolute Gasteiger partial charge is 0.243 e. The molecular formula is C13H20FN3. The molecule has 0 spiro atoms. The zero-order valence-electron chi connectivity index (χ0n) is 10.6. The average molecular weight is 237 g/mol. The molecule has 94 valence electrons. The van der Waals surface area contributed by atoms with Gasteiger partial charge < -0.3 is 0 Å². The summed E-state index contributed by atoms with van der Waals surface area (Å²) in [6.07, 6.45) is 3.48. The molecule has 2 rings (SSSR count). The predicted molar refractivity (Wildman–Crippen MR) is 66.4 cm³/mol. The predicted octanol–water partition coefficient (Wildman–Crippen LogP) is 3.85. The van der Waals surface area contributed by atoms with Gasteiger partial charge in [-0.2, -0.15) is 5.10 Å². The molecule has 0 aliphatic carbocycles. The van der Waals surface area contributed by atoms with Crippen LogP contribution in [-0.2, 0) is 0 Å². The van der Waals surface area contributed by atoms with Crippen LogP contribution >= 0.6 is 0 Å². The number of rotatable bonds is 5. The number of nitrogens with zero attached hydrogens (tertiary/aromatic N) is 3. The van der Waals surface area contributed by atoms with Gasteiger partial charge in [0.25, 0.3) is 0 Å². The molecule has 1 aromatic heterocycles. The average Bonchev–Trinajstić information content (AvgIpc) is 2.82. The van der Waals surface area contributed by atoms with E-state index in [0.29, 0.717) is 18.1 Å². The van der Waals surface area contributed by atoms with Gasteiger partial charge in [0.1, 0.15) is 0 Å². The molecule has 0 amide bonds. The monoisotopic (exact) mass is 237 g/mol. The first kappa shape index (κ1) is 12.3. The van der Waals surface area contributed by atoms with Gasteiger partial charge in [0.05, 0.1) is 6.04 Å². The third-order valence-corrected chi connectivity index (χ3v) is 3.25. The van der Waals surface area contributed by atoms with Crippen molar-refractivity contribution in [2.24, 2.45) is 0 Å². The molecule has 0 fully saturated rings. The lowest BCUT2D eigenvalue weighted by Gasteiger charge is -2.09. The van der Waals surface area contributed by atoms with Gasteiger partial charge in [-0.1, -0.05) is 33.3 Å². The summed E-state index contributed by atoms with van der Waals surface area (Å²) in [6.45, 7) is 8.16. The number of hydrogen-bond donors (Lipinski definition) is 0. The van der Waals surface area contributed by atoms with Gasteiger partial charge >= 0.3 is 0 Å². The highest BCUT2D eigenvalue weighted by Gasteiger charge is 2.33. The molecule has 0 N–H and O–H groups in total. The summed E-state index contributed by atoms with van der Waals surface area (Å²) in [6, 6.07) is 0.181. The van der Waals surface area contributed by atoms with E-state index in [1.54, 1.807) is 4.68 Å². The van der Waals surface area contributed by atoms with E-state index >= 15 is 0 Å². The second-order valence-electron chi connectivity index (χ2n) is 4.74. The summed E-state index contributed by atoms with van der Waals surface area (Å²) in [7, 11) is 0. The molecule has 0 saturated heterocycles. The zero-order valence-corrected chi connectivity index (χ0v) is 10.6. The van der Waals surface area contributed by atoms with Gasteiger partial charge in [0.15, 0.2) is 17.8 Å². The minimum absolute atomic E-state index is 0.181. The van der Waals surface area contributed by atoms with E-state index in [2.05, 4.69) is 30.5 Å². The molecule has 0 saturated carbocycles. The SMILES string of the molecule is C=C(CCC)c1nc2n(n1)C(CCC)CC2F. The van der Waals surface area contributed by atoms with Gasteiger partial charge in [0.2, 0.25) is 0 Å². The summed E-state index contributed by atoms with van der Waals surface area (Å²) < 4.78 is 15.6. The fourth-order valence-electron chi connectivity index (χ4n) is 2.40. The smallest absolute Gasteiger partial charge is 0.176 e. The van der Waals surface area contributed by atoms with Gasteiger partial charge in [-0.25, -0.2) is 14.1 Å². The molecular weight excluding hydrogens is 217 g/mol. The topological polar surface area (TPSA) is 30.7 Å². The Bertz CT molecular complexity index is 411. The second-order valence-corrected chi connectivity index (χ2v) is 4.74. The molecule has 0 radical (unpaired) electrons. The van der Waals surface area contributed by atoms with Crippen molar-refractivity contribution in [2.75, 3.05) is 0 Å². The first-order chi connectivity index (χ1) is 8.17. The van der Waals surface area contributed by atoms with Crippen LogP contribution < -0.4 is 0 Å². The Morgan fingerprint density at radius 3 is 2.88 bits per heavy atom. The quantitative estimate of drug-likeness (QED) is 0.778. The van der Waals surface area contributed by atoms with Crippen molar-refractivity contribution in [3.8, 4) is 0 Å². The van der Waals surface area contributed by atoms with Gasteiger partial charge in [-0.15, -0.1) is 0 Å². The third-order valence-electron chi connectivity index (χ3n) is 3.25. The summed E-state index contributed by atoms with van der Waals surface area (Å²) in [5.74, 6) is 1.13. The summed E-state index contributed by atoms with van der Waals surface area (Å²) in [5.41, 5.74) is 0.914. The molecule has 1 aromatic rings. The summed E-state index contributed by atoms with van der Waals surface area (Å²) in [4.78, 5) is 4.30. The number of hydrogen-bond acceptors (Lipinski definition) is 2. The minimum atomic E-state index is -0.956. The molecule has 1 aliphatic heterocycles. The maximum Gasteiger partial charge on any atom is 0.176 e. The first-order valence-corrected chi connectivity index (χ1v) is 6.46. The van der Waals surface area contributed by atoms with Crippen molar-refractivity contribution >= 4 is 5.57 Å². The van der Waals surface area contributed by atoms with Crippen molar-refractivity contribution in [3.05, 3.63) is 18.2 Å². The lowest BCUT2D eigenvalue weighted by molar-refractivity contribution is 0.312. The van der Waals surface area contributed by atoms with E-state index in [0.717, 1.165) is 31.3 Å². The van der Waals surface area contributed by atoms with E-state index in [1.807, 2.05) is 0 Å². The fraction of sp³-hybridized carbons (Fsp3) is 0.692. The Balaban J connectivity index is 2.23. The highest BCUT2D eigenvalue weighted by Crippen LogP contribution is 2.38. The van der Waals surface area contributed by atoms with Crippen LogP contribution in [0.3, 0.4) is 0 Å². The Hall–Kier alpha value is -1.19. The van der Waals surface area contributed by atoms with E-state index < -0.39 is 6.17 Å². The minimum Gasteiger partial charge on any atom is -0.243 e. The lowest BCUT2D eigenvalue weighted by atomic mass is 10.1. The van der Waals surface area contributed by atoms with Crippen molar-refractivity contribution in [3.63, 3.8) is 0 Å². The normalized spacial score (nSPS) is 22.8. The van der Waals surface area contributed by atoms with E-state index in [4.69, 9.17) is 0 Å². The van der Waals surface area contributed by atoms with Crippen molar-refractivity contribution in [2.45, 2.75) is 58.2 Å². The van der Waals surface area contributed by atoms with Gasteiger partial charge in [-0.05, 0) is 18.4 Å². The van der Waals surface area contributed by atoms with Crippen LogP contribution in [0.15, 0.2) is 6.58 Å². The number of fused-ring (bicyclic) bond motifs is 1. The Morgan fingerprint density at radius 2 is 2.24 bits per heavy atom.